The number of hydrogen-bond acceptors (Lipinski definition) is 3. The molecule has 0 amide bonds. The number of rotatable bonds is 1. The number of aromatic hydroxyl groups is 1. The smallest absolute Gasteiger partial charge is 0.272 e. The van der Waals surface area contributed by atoms with Crippen LogP contribution in [0.25, 0.3) is 0 Å². The van der Waals surface area contributed by atoms with E-state index in [1.165, 1.54) is 0 Å². The summed E-state index contributed by atoms with van der Waals surface area (Å²) in [6, 6.07) is 0.971. The van der Waals surface area contributed by atoms with Gasteiger partial charge in [0.05, 0.1) is 6.07 Å². The van der Waals surface area contributed by atoms with Crippen LogP contribution in [-0.4, -0.2) is 14.2 Å². The summed E-state index contributed by atoms with van der Waals surface area (Å²) in [6.45, 7) is 3.67. The maximum Gasteiger partial charge on any atom is 0.272 e. The second-order valence-corrected chi connectivity index (χ2v) is 3.08. The van der Waals surface area contributed by atoms with Gasteiger partial charge in [0.15, 0.2) is 0 Å². The molecular formula is C7H9ClN2O2. The van der Waals surface area contributed by atoms with Crippen molar-refractivity contribution in [3.63, 3.8) is 0 Å². The molecule has 0 aliphatic rings. The van der Waals surface area contributed by atoms with E-state index in [1.807, 2.05) is 13.8 Å². The molecule has 1 aromatic rings. The van der Waals surface area contributed by atoms with E-state index in [-0.39, 0.29) is 11.8 Å². The Kier molecular flexibility index (Phi) is 2.38. The van der Waals surface area contributed by atoms with Crippen molar-refractivity contribution in [3.05, 3.63) is 22.2 Å². The highest BCUT2D eigenvalue weighted by Gasteiger charge is 2.09. The number of halogens is 1. The molecule has 0 spiro atoms. The van der Waals surface area contributed by atoms with Gasteiger partial charge in [-0.05, 0) is 0 Å². The van der Waals surface area contributed by atoms with Crippen LogP contribution < -0.4 is 5.56 Å². The second-order valence-electron chi connectivity index (χ2n) is 2.75. The topological polar surface area (TPSA) is 55.1 Å². The Labute approximate surface area is 74.5 Å². The number of aromatic nitrogens is 2. The van der Waals surface area contributed by atoms with E-state index in [9.17, 15) is 4.79 Å². The van der Waals surface area contributed by atoms with Crippen molar-refractivity contribution in [2.24, 2.45) is 0 Å². The van der Waals surface area contributed by atoms with Gasteiger partial charge >= 0.3 is 0 Å². The second kappa shape index (κ2) is 3.15. The van der Waals surface area contributed by atoms with Crippen LogP contribution in [-0.2, 0) is 0 Å². The van der Waals surface area contributed by atoms with E-state index in [0.29, 0.717) is 5.82 Å². The lowest BCUT2D eigenvalue weighted by atomic mass is 10.2. The minimum absolute atomic E-state index is 0.00213. The van der Waals surface area contributed by atoms with E-state index in [4.69, 9.17) is 16.9 Å². The van der Waals surface area contributed by atoms with Gasteiger partial charge < -0.3 is 5.11 Å². The van der Waals surface area contributed by atoms with Gasteiger partial charge in [0.25, 0.3) is 5.56 Å². The van der Waals surface area contributed by atoms with Crippen LogP contribution >= 0.6 is 11.8 Å². The fraction of sp³-hybridized carbons (Fsp3) is 0.429. The standard InChI is InChI=1S/C7H9ClN2O2/c1-4(2)7-9-5(11)3-6(12)10(7)8/h3-4,11H,1-2H3. The molecule has 1 aromatic heterocycles. The van der Waals surface area contributed by atoms with Gasteiger partial charge in [-0.3, -0.25) is 4.79 Å². The molecule has 66 valence electrons. The summed E-state index contributed by atoms with van der Waals surface area (Å²) in [5.74, 6) is 0.0737. The summed E-state index contributed by atoms with van der Waals surface area (Å²) in [5.41, 5.74) is -0.465. The molecule has 0 aromatic carbocycles. The van der Waals surface area contributed by atoms with Gasteiger partial charge in [0, 0.05) is 17.7 Å². The SMILES string of the molecule is CC(C)c1nc(O)cc(=O)n1Cl. The van der Waals surface area contributed by atoms with Crippen LogP contribution in [0, 0.1) is 0 Å². The van der Waals surface area contributed by atoms with Gasteiger partial charge in [-0.2, -0.15) is 4.98 Å². The lowest BCUT2D eigenvalue weighted by Crippen LogP contribution is -2.17. The monoisotopic (exact) mass is 188 g/mol. The third-order valence-electron chi connectivity index (χ3n) is 1.39. The van der Waals surface area contributed by atoms with E-state index in [1.54, 1.807) is 0 Å². The molecule has 0 radical (unpaired) electrons. The summed E-state index contributed by atoms with van der Waals surface area (Å²) >= 11 is 5.59. The van der Waals surface area contributed by atoms with Gasteiger partial charge in [-0.25, -0.2) is 4.09 Å². The highest BCUT2D eigenvalue weighted by atomic mass is 35.5. The summed E-state index contributed by atoms with van der Waals surface area (Å²) in [7, 11) is 0. The molecule has 0 saturated carbocycles. The van der Waals surface area contributed by atoms with Crippen molar-refractivity contribution in [3.8, 4) is 5.88 Å². The first-order valence-corrected chi connectivity index (χ1v) is 3.85. The molecule has 0 saturated heterocycles. The Balaban J connectivity index is 3.38. The molecule has 0 aliphatic carbocycles. The highest BCUT2D eigenvalue weighted by molar-refractivity contribution is 6.15. The van der Waals surface area contributed by atoms with Crippen LogP contribution in [0.15, 0.2) is 10.9 Å². The summed E-state index contributed by atoms with van der Waals surface area (Å²) in [4.78, 5) is 14.7. The van der Waals surface area contributed by atoms with Gasteiger partial charge in [-0.15, -0.1) is 0 Å². The van der Waals surface area contributed by atoms with E-state index >= 15 is 0 Å². The van der Waals surface area contributed by atoms with Gasteiger partial charge in [0.2, 0.25) is 5.88 Å². The average molecular weight is 189 g/mol. The van der Waals surface area contributed by atoms with Crippen molar-refractivity contribution in [1.82, 2.24) is 9.07 Å². The van der Waals surface area contributed by atoms with Crippen LogP contribution in [0.4, 0.5) is 0 Å². The predicted octanol–water partition coefficient (Wildman–Crippen LogP) is 1.07. The van der Waals surface area contributed by atoms with E-state index in [0.717, 1.165) is 10.2 Å². The zero-order chi connectivity index (χ0) is 9.30. The molecule has 0 unspecified atom stereocenters. The third-order valence-corrected chi connectivity index (χ3v) is 1.73. The molecule has 12 heavy (non-hydrogen) atoms. The first-order valence-electron chi connectivity index (χ1n) is 3.51. The molecule has 1 heterocycles. The Hall–Kier alpha value is -1.03. The average Bonchev–Trinajstić information content (AvgIpc) is 1.96. The summed E-state index contributed by atoms with van der Waals surface area (Å²) < 4.78 is 0.907. The fourth-order valence-corrected chi connectivity index (χ4v) is 1.11. The molecule has 0 aliphatic heterocycles. The zero-order valence-corrected chi connectivity index (χ0v) is 7.54. The minimum atomic E-state index is -0.465. The lowest BCUT2D eigenvalue weighted by Gasteiger charge is -2.06. The van der Waals surface area contributed by atoms with Crippen LogP contribution in [0.5, 0.6) is 5.88 Å². The maximum absolute atomic E-state index is 11.0. The molecule has 5 heteroatoms. The van der Waals surface area contributed by atoms with Crippen molar-refractivity contribution in [2.45, 2.75) is 19.8 Å². The van der Waals surface area contributed by atoms with Crippen LogP contribution in [0.1, 0.15) is 25.6 Å². The van der Waals surface area contributed by atoms with Crippen LogP contribution in [0.3, 0.4) is 0 Å². The van der Waals surface area contributed by atoms with E-state index in [2.05, 4.69) is 4.98 Å². The third kappa shape index (κ3) is 1.58. The molecular weight excluding hydrogens is 180 g/mol. The predicted molar refractivity (Wildman–Crippen MR) is 45.5 cm³/mol. The Morgan fingerprint density at radius 3 is 2.75 bits per heavy atom. The van der Waals surface area contributed by atoms with Crippen molar-refractivity contribution < 1.29 is 5.11 Å². The molecule has 1 N–H and O–H groups in total. The molecule has 0 fully saturated rings. The summed E-state index contributed by atoms with van der Waals surface area (Å²) in [5, 5.41) is 8.98. The molecule has 4 nitrogen and oxygen atoms in total. The number of nitrogens with zero attached hydrogens (tertiary/aromatic N) is 2. The fourth-order valence-electron chi connectivity index (χ4n) is 0.829. The van der Waals surface area contributed by atoms with Crippen LogP contribution in [0.2, 0.25) is 0 Å². The van der Waals surface area contributed by atoms with Gasteiger partial charge in [0.1, 0.15) is 5.82 Å². The minimum Gasteiger partial charge on any atom is -0.493 e. The molecule has 0 atom stereocenters. The van der Waals surface area contributed by atoms with Crippen molar-refractivity contribution >= 4 is 11.8 Å². The zero-order valence-electron chi connectivity index (χ0n) is 6.78. The Morgan fingerprint density at radius 2 is 2.25 bits per heavy atom. The van der Waals surface area contributed by atoms with E-state index < -0.39 is 5.56 Å². The Morgan fingerprint density at radius 1 is 1.67 bits per heavy atom. The largest absolute Gasteiger partial charge is 0.493 e. The Bertz CT molecular complexity index is 346. The number of hydrogen-bond donors (Lipinski definition) is 1. The van der Waals surface area contributed by atoms with Crippen molar-refractivity contribution in [1.29, 1.82) is 0 Å². The normalized spacial score (nSPS) is 10.7. The highest BCUT2D eigenvalue weighted by Crippen LogP contribution is 2.12. The first kappa shape index (κ1) is 9.06. The maximum atomic E-state index is 11.0. The first-order chi connectivity index (χ1) is 5.52. The molecule has 1 rings (SSSR count). The quantitative estimate of drug-likeness (QED) is 0.718. The lowest BCUT2D eigenvalue weighted by molar-refractivity contribution is 0.444. The van der Waals surface area contributed by atoms with Gasteiger partial charge in [-0.1, -0.05) is 13.8 Å². The van der Waals surface area contributed by atoms with Crippen molar-refractivity contribution in [2.75, 3.05) is 0 Å². The molecule has 0 bridgehead atoms. The summed E-state index contributed by atoms with van der Waals surface area (Å²) in [6.07, 6.45) is 0.